The molecule has 0 aliphatic rings. The fourth-order valence-electron chi connectivity index (χ4n) is 2.36. The molecular formula is C19H22F2N2O4S. The summed E-state index contributed by atoms with van der Waals surface area (Å²) in [6.45, 7) is 2.14. The molecule has 0 bridgehead atoms. The van der Waals surface area contributed by atoms with E-state index >= 15 is 0 Å². The highest BCUT2D eigenvalue weighted by atomic mass is 32.2. The third-order valence-electron chi connectivity index (χ3n) is 3.97. The Morgan fingerprint density at radius 3 is 2.18 bits per heavy atom. The van der Waals surface area contributed by atoms with E-state index in [9.17, 15) is 22.0 Å². The van der Waals surface area contributed by atoms with Gasteiger partial charge in [-0.3, -0.25) is 4.79 Å². The number of hydrogen-bond acceptors (Lipinski definition) is 4. The van der Waals surface area contributed by atoms with Gasteiger partial charge in [-0.05, 0) is 36.8 Å². The maximum absolute atomic E-state index is 13.2. The minimum absolute atomic E-state index is 0.0274. The molecule has 0 heterocycles. The third kappa shape index (κ3) is 5.82. The summed E-state index contributed by atoms with van der Waals surface area (Å²) in [6, 6.07) is 10.3. The minimum Gasteiger partial charge on any atom is -0.395 e. The van der Waals surface area contributed by atoms with Crippen molar-refractivity contribution in [3.05, 3.63) is 65.2 Å². The molecule has 0 radical (unpaired) electrons. The Labute approximate surface area is 162 Å². The number of halogens is 2. The number of amides is 1. The van der Waals surface area contributed by atoms with Gasteiger partial charge in [0.15, 0.2) is 0 Å². The highest BCUT2D eigenvalue weighted by molar-refractivity contribution is 7.89. The molecule has 0 saturated heterocycles. The predicted octanol–water partition coefficient (Wildman–Crippen LogP) is 2.39. The Morgan fingerprint density at radius 2 is 1.68 bits per heavy atom. The molecule has 1 amide bonds. The second kappa shape index (κ2) is 8.76. The molecule has 152 valence electrons. The number of aliphatic hydroxyl groups is 1. The van der Waals surface area contributed by atoms with Crippen LogP contribution in [-0.2, 0) is 22.5 Å². The van der Waals surface area contributed by atoms with Crippen molar-refractivity contribution < 1.29 is 27.1 Å². The van der Waals surface area contributed by atoms with Gasteiger partial charge < -0.3 is 10.4 Å². The summed E-state index contributed by atoms with van der Waals surface area (Å²) in [4.78, 5) is 12.2. The molecular weight excluding hydrogens is 390 g/mol. The van der Waals surface area contributed by atoms with Gasteiger partial charge in [0.1, 0.15) is 0 Å². The number of hydrogen-bond donors (Lipinski definition) is 3. The second-order valence-electron chi connectivity index (χ2n) is 6.50. The molecule has 6 nitrogen and oxygen atoms in total. The number of carbonyl (C=O) groups excluding carboxylic acids is 1. The van der Waals surface area contributed by atoms with Gasteiger partial charge in [-0.1, -0.05) is 24.3 Å². The molecule has 0 saturated carbocycles. The summed E-state index contributed by atoms with van der Waals surface area (Å²) in [5.74, 6) is -3.35. The van der Waals surface area contributed by atoms with E-state index in [1.54, 1.807) is 0 Å². The van der Waals surface area contributed by atoms with Crippen LogP contribution in [0.2, 0.25) is 0 Å². The average Bonchev–Trinajstić information content (AvgIpc) is 2.65. The number of sulfonamides is 1. The van der Waals surface area contributed by atoms with Crippen LogP contribution >= 0.6 is 0 Å². The maximum Gasteiger partial charge on any atom is 0.270 e. The normalized spacial score (nSPS) is 13.2. The van der Waals surface area contributed by atoms with Crippen LogP contribution in [-0.4, -0.2) is 32.1 Å². The van der Waals surface area contributed by atoms with Crippen molar-refractivity contribution in [3.63, 3.8) is 0 Å². The Morgan fingerprint density at radius 1 is 1.11 bits per heavy atom. The molecule has 1 unspecified atom stereocenters. The number of benzene rings is 2. The number of aliphatic hydroxyl groups excluding tert-OH is 1. The SMILES string of the molecule is CC(CO)NS(=O)(=O)c1ccc(C(=O)NCc2ccc(C(C)(F)F)cc2)cc1. The summed E-state index contributed by atoms with van der Waals surface area (Å²) in [6.07, 6.45) is 0. The maximum atomic E-state index is 13.2. The number of alkyl halides is 2. The molecule has 9 heteroatoms. The Balaban J connectivity index is 2.00. The van der Waals surface area contributed by atoms with E-state index in [4.69, 9.17) is 5.11 Å². The fourth-order valence-corrected chi connectivity index (χ4v) is 3.59. The smallest absolute Gasteiger partial charge is 0.270 e. The van der Waals surface area contributed by atoms with Crippen molar-refractivity contribution in [1.82, 2.24) is 10.0 Å². The van der Waals surface area contributed by atoms with E-state index in [1.165, 1.54) is 55.5 Å². The van der Waals surface area contributed by atoms with Gasteiger partial charge in [0.2, 0.25) is 10.0 Å². The van der Waals surface area contributed by atoms with Crippen LogP contribution in [0, 0.1) is 0 Å². The van der Waals surface area contributed by atoms with Gasteiger partial charge in [-0.15, -0.1) is 0 Å². The highest BCUT2D eigenvalue weighted by Gasteiger charge is 2.23. The van der Waals surface area contributed by atoms with E-state index in [0.717, 1.165) is 6.92 Å². The highest BCUT2D eigenvalue weighted by Crippen LogP contribution is 2.26. The van der Waals surface area contributed by atoms with Crippen molar-refractivity contribution >= 4 is 15.9 Å². The molecule has 1 atom stereocenters. The van der Waals surface area contributed by atoms with E-state index < -0.39 is 27.9 Å². The number of carbonyl (C=O) groups is 1. The molecule has 2 rings (SSSR count). The minimum atomic E-state index is -3.79. The average molecular weight is 412 g/mol. The van der Waals surface area contributed by atoms with Crippen molar-refractivity contribution in [3.8, 4) is 0 Å². The zero-order valence-electron chi connectivity index (χ0n) is 15.4. The summed E-state index contributed by atoms with van der Waals surface area (Å²) in [5.41, 5.74) is 0.803. The second-order valence-corrected chi connectivity index (χ2v) is 8.21. The van der Waals surface area contributed by atoms with E-state index in [-0.39, 0.29) is 29.2 Å². The van der Waals surface area contributed by atoms with Crippen LogP contribution in [0.5, 0.6) is 0 Å². The summed E-state index contributed by atoms with van der Waals surface area (Å²) in [7, 11) is -3.79. The first-order valence-corrected chi connectivity index (χ1v) is 10.00. The van der Waals surface area contributed by atoms with Crippen molar-refractivity contribution in [2.75, 3.05) is 6.61 Å². The lowest BCUT2D eigenvalue weighted by atomic mass is 10.1. The van der Waals surface area contributed by atoms with Crippen LogP contribution in [0.1, 0.15) is 35.3 Å². The summed E-state index contributed by atoms with van der Waals surface area (Å²) >= 11 is 0. The third-order valence-corrected chi connectivity index (χ3v) is 5.58. The van der Waals surface area contributed by atoms with Gasteiger partial charge in [-0.2, -0.15) is 0 Å². The topological polar surface area (TPSA) is 95.5 Å². The lowest BCUT2D eigenvalue weighted by molar-refractivity contribution is 0.0174. The van der Waals surface area contributed by atoms with Crippen molar-refractivity contribution in [2.24, 2.45) is 0 Å². The van der Waals surface area contributed by atoms with Crippen LogP contribution in [0.15, 0.2) is 53.4 Å². The van der Waals surface area contributed by atoms with Gasteiger partial charge in [-0.25, -0.2) is 21.9 Å². The van der Waals surface area contributed by atoms with Gasteiger partial charge in [0, 0.05) is 30.6 Å². The zero-order valence-corrected chi connectivity index (χ0v) is 16.3. The molecule has 0 aromatic heterocycles. The van der Waals surface area contributed by atoms with Crippen LogP contribution in [0.3, 0.4) is 0 Å². The molecule has 2 aromatic carbocycles. The molecule has 0 spiro atoms. The monoisotopic (exact) mass is 412 g/mol. The van der Waals surface area contributed by atoms with Crippen LogP contribution in [0.4, 0.5) is 8.78 Å². The first-order chi connectivity index (χ1) is 13.0. The Kier molecular flexibility index (Phi) is 6.87. The van der Waals surface area contributed by atoms with E-state index in [0.29, 0.717) is 5.56 Å². The quantitative estimate of drug-likeness (QED) is 0.620. The van der Waals surface area contributed by atoms with Gasteiger partial charge in [0.25, 0.3) is 11.8 Å². The van der Waals surface area contributed by atoms with Gasteiger partial charge >= 0.3 is 0 Å². The molecule has 0 aliphatic carbocycles. The molecule has 2 aromatic rings. The number of rotatable bonds is 8. The first kappa shape index (κ1) is 21.9. The number of nitrogens with one attached hydrogen (secondary N) is 2. The van der Waals surface area contributed by atoms with Crippen molar-refractivity contribution in [1.29, 1.82) is 0 Å². The molecule has 0 aliphatic heterocycles. The zero-order chi connectivity index (χ0) is 20.9. The molecule has 28 heavy (non-hydrogen) atoms. The lowest BCUT2D eigenvalue weighted by Gasteiger charge is -2.12. The largest absolute Gasteiger partial charge is 0.395 e. The molecule has 0 fully saturated rings. The van der Waals surface area contributed by atoms with Crippen molar-refractivity contribution in [2.45, 2.75) is 37.3 Å². The molecule has 3 N–H and O–H groups in total. The lowest BCUT2D eigenvalue weighted by Crippen LogP contribution is -2.35. The van der Waals surface area contributed by atoms with Crippen LogP contribution in [0.25, 0.3) is 0 Å². The Hall–Kier alpha value is -2.36. The van der Waals surface area contributed by atoms with Crippen LogP contribution < -0.4 is 10.0 Å². The Bertz CT molecular complexity index is 908. The summed E-state index contributed by atoms with van der Waals surface area (Å²) < 4.78 is 52.9. The standard InChI is InChI=1S/C19H22F2N2O4S/c1-13(12-24)23-28(26,27)17-9-5-15(6-10-17)18(25)22-11-14-3-7-16(8-4-14)19(2,20)21/h3-10,13,23-24H,11-12H2,1-2H3,(H,22,25). The predicted molar refractivity (Wildman–Crippen MR) is 100 cm³/mol. The first-order valence-electron chi connectivity index (χ1n) is 8.51. The fraction of sp³-hybridized carbons (Fsp3) is 0.316. The summed E-state index contributed by atoms with van der Waals surface area (Å²) in [5, 5.41) is 11.6. The van der Waals surface area contributed by atoms with E-state index in [2.05, 4.69) is 10.0 Å². The van der Waals surface area contributed by atoms with E-state index in [1.807, 2.05) is 0 Å². The van der Waals surface area contributed by atoms with Gasteiger partial charge in [0.05, 0.1) is 11.5 Å².